The largest absolute Gasteiger partial charge is 0.460 e. The standard InChI is InChI=1S/C11H11NO4/c13-3-4-16-11(15)7-1-2-9-8(5-7)6-10(14)12-9/h1-2,5,13H,3-4,6H2,(H,12,14). The quantitative estimate of drug-likeness (QED) is 0.721. The molecule has 2 N–H and O–H groups in total. The number of nitrogens with one attached hydrogen (secondary N) is 1. The zero-order valence-electron chi connectivity index (χ0n) is 8.53. The van der Waals surface area contributed by atoms with Crippen LogP contribution in [0.25, 0.3) is 0 Å². The molecule has 84 valence electrons. The van der Waals surface area contributed by atoms with Crippen LogP contribution in [-0.4, -0.2) is 30.2 Å². The number of hydrogen-bond acceptors (Lipinski definition) is 4. The third-order valence-electron chi connectivity index (χ3n) is 2.29. The highest BCUT2D eigenvalue weighted by molar-refractivity contribution is 6.00. The summed E-state index contributed by atoms with van der Waals surface area (Å²) >= 11 is 0. The molecule has 1 aliphatic rings. The van der Waals surface area contributed by atoms with Crippen LogP contribution in [0.5, 0.6) is 0 Å². The number of aliphatic hydroxyl groups excluding tert-OH is 1. The summed E-state index contributed by atoms with van der Waals surface area (Å²) in [5.41, 5.74) is 1.93. The Morgan fingerprint density at radius 3 is 3.06 bits per heavy atom. The van der Waals surface area contributed by atoms with Gasteiger partial charge < -0.3 is 15.2 Å². The van der Waals surface area contributed by atoms with Crippen LogP contribution in [0.2, 0.25) is 0 Å². The fraction of sp³-hybridized carbons (Fsp3) is 0.273. The van der Waals surface area contributed by atoms with Gasteiger partial charge in [0.05, 0.1) is 18.6 Å². The Hall–Kier alpha value is -1.88. The van der Waals surface area contributed by atoms with E-state index in [0.717, 1.165) is 11.3 Å². The number of fused-ring (bicyclic) bond motifs is 1. The maximum atomic E-state index is 11.4. The van der Waals surface area contributed by atoms with Gasteiger partial charge in [0.1, 0.15) is 6.61 Å². The first-order valence-corrected chi connectivity index (χ1v) is 4.91. The number of ether oxygens (including phenoxy) is 1. The summed E-state index contributed by atoms with van der Waals surface area (Å²) in [7, 11) is 0. The summed E-state index contributed by atoms with van der Waals surface area (Å²) in [6.07, 6.45) is 0.288. The Kier molecular flexibility index (Phi) is 2.87. The molecule has 1 aromatic carbocycles. The molecule has 2 rings (SSSR count). The van der Waals surface area contributed by atoms with Gasteiger partial charge in [0, 0.05) is 5.69 Å². The fourth-order valence-corrected chi connectivity index (χ4v) is 1.58. The van der Waals surface area contributed by atoms with E-state index in [0.29, 0.717) is 5.56 Å². The van der Waals surface area contributed by atoms with Crippen molar-refractivity contribution in [1.82, 2.24) is 0 Å². The minimum atomic E-state index is -0.490. The lowest BCUT2D eigenvalue weighted by molar-refractivity contribution is -0.115. The number of benzene rings is 1. The van der Waals surface area contributed by atoms with Crippen molar-refractivity contribution in [2.24, 2.45) is 0 Å². The first kappa shape index (κ1) is 10.6. The summed E-state index contributed by atoms with van der Waals surface area (Å²) in [5, 5.41) is 11.2. The van der Waals surface area contributed by atoms with Crippen LogP contribution in [0.15, 0.2) is 18.2 Å². The number of carbonyl (C=O) groups excluding carboxylic acids is 2. The SMILES string of the molecule is O=C1Cc2cc(C(=O)OCCO)ccc2N1. The van der Waals surface area contributed by atoms with Crippen molar-refractivity contribution in [1.29, 1.82) is 0 Å². The number of anilines is 1. The predicted octanol–water partition coefficient (Wildman–Crippen LogP) is 0.330. The van der Waals surface area contributed by atoms with Gasteiger partial charge in [-0.25, -0.2) is 4.79 Å². The zero-order chi connectivity index (χ0) is 11.5. The molecule has 1 aromatic rings. The van der Waals surface area contributed by atoms with Crippen LogP contribution < -0.4 is 5.32 Å². The Morgan fingerprint density at radius 2 is 2.31 bits per heavy atom. The average molecular weight is 221 g/mol. The van der Waals surface area contributed by atoms with E-state index in [1.54, 1.807) is 18.2 Å². The number of rotatable bonds is 3. The predicted molar refractivity (Wildman–Crippen MR) is 56.1 cm³/mol. The molecule has 0 radical (unpaired) electrons. The molecule has 0 spiro atoms. The number of amides is 1. The van der Waals surface area contributed by atoms with Crippen LogP contribution in [0.3, 0.4) is 0 Å². The van der Waals surface area contributed by atoms with E-state index in [1.165, 1.54) is 0 Å². The monoisotopic (exact) mass is 221 g/mol. The van der Waals surface area contributed by atoms with E-state index in [1.807, 2.05) is 0 Å². The number of aliphatic hydroxyl groups is 1. The highest BCUT2D eigenvalue weighted by atomic mass is 16.5. The Balaban J connectivity index is 2.16. The van der Waals surface area contributed by atoms with Gasteiger partial charge in [-0.1, -0.05) is 0 Å². The molecule has 1 heterocycles. The highest BCUT2D eigenvalue weighted by Gasteiger charge is 2.19. The van der Waals surface area contributed by atoms with Crippen molar-refractivity contribution in [2.45, 2.75) is 6.42 Å². The molecule has 0 atom stereocenters. The summed E-state index contributed by atoms with van der Waals surface area (Å²) in [5.74, 6) is -0.563. The van der Waals surface area contributed by atoms with Gasteiger partial charge in [0.25, 0.3) is 0 Å². The van der Waals surface area contributed by atoms with E-state index in [9.17, 15) is 9.59 Å². The number of carbonyl (C=O) groups is 2. The van der Waals surface area contributed by atoms with Gasteiger partial charge in [-0.3, -0.25) is 4.79 Å². The third-order valence-corrected chi connectivity index (χ3v) is 2.29. The molecule has 0 bridgehead atoms. The lowest BCUT2D eigenvalue weighted by atomic mass is 10.1. The van der Waals surface area contributed by atoms with Crippen LogP contribution in [0.1, 0.15) is 15.9 Å². The molecule has 1 amide bonds. The minimum Gasteiger partial charge on any atom is -0.460 e. The summed E-state index contributed by atoms with van der Waals surface area (Å²) in [6.45, 7) is -0.218. The van der Waals surface area contributed by atoms with Gasteiger partial charge in [-0.15, -0.1) is 0 Å². The van der Waals surface area contributed by atoms with Gasteiger partial charge >= 0.3 is 5.97 Å². The molecule has 0 aliphatic carbocycles. The van der Waals surface area contributed by atoms with Crippen LogP contribution in [-0.2, 0) is 16.0 Å². The first-order chi connectivity index (χ1) is 7.70. The molecule has 16 heavy (non-hydrogen) atoms. The molecule has 0 unspecified atom stereocenters. The zero-order valence-corrected chi connectivity index (χ0v) is 8.53. The number of esters is 1. The van der Waals surface area contributed by atoms with Crippen molar-refractivity contribution in [3.05, 3.63) is 29.3 Å². The van der Waals surface area contributed by atoms with Crippen molar-refractivity contribution >= 4 is 17.6 Å². The highest BCUT2D eigenvalue weighted by Crippen LogP contribution is 2.23. The van der Waals surface area contributed by atoms with E-state index in [-0.39, 0.29) is 25.5 Å². The molecule has 1 aliphatic heterocycles. The second kappa shape index (κ2) is 4.32. The summed E-state index contributed by atoms with van der Waals surface area (Å²) in [6, 6.07) is 4.90. The summed E-state index contributed by atoms with van der Waals surface area (Å²) < 4.78 is 4.77. The van der Waals surface area contributed by atoms with Crippen molar-refractivity contribution in [3.63, 3.8) is 0 Å². The molecular formula is C11H11NO4. The van der Waals surface area contributed by atoms with Gasteiger partial charge in [0.15, 0.2) is 0 Å². The third kappa shape index (κ3) is 2.04. The topological polar surface area (TPSA) is 75.6 Å². The molecule has 0 saturated heterocycles. The molecule has 5 heteroatoms. The van der Waals surface area contributed by atoms with Crippen LogP contribution >= 0.6 is 0 Å². The van der Waals surface area contributed by atoms with Gasteiger partial charge in [-0.05, 0) is 23.8 Å². The maximum absolute atomic E-state index is 11.4. The van der Waals surface area contributed by atoms with Crippen LogP contribution in [0, 0.1) is 0 Å². The van der Waals surface area contributed by atoms with Gasteiger partial charge in [-0.2, -0.15) is 0 Å². The molecular weight excluding hydrogens is 210 g/mol. The second-order valence-electron chi connectivity index (χ2n) is 3.46. The Morgan fingerprint density at radius 1 is 1.50 bits per heavy atom. The maximum Gasteiger partial charge on any atom is 0.338 e. The Labute approximate surface area is 92.0 Å². The van der Waals surface area contributed by atoms with Crippen molar-refractivity contribution in [2.75, 3.05) is 18.5 Å². The summed E-state index contributed by atoms with van der Waals surface area (Å²) in [4.78, 5) is 22.5. The fourth-order valence-electron chi connectivity index (χ4n) is 1.58. The molecule has 0 aromatic heterocycles. The Bertz CT molecular complexity index is 442. The lowest BCUT2D eigenvalue weighted by Gasteiger charge is -2.04. The van der Waals surface area contributed by atoms with E-state index in [4.69, 9.17) is 9.84 Å². The number of hydrogen-bond donors (Lipinski definition) is 2. The van der Waals surface area contributed by atoms with Crippen molar-refractivity contribution in [3.8, 4) is 0 Å². The van der Waals surface area contributed by atoms with Crippen molar-refractivity contribution < 1.29 is 19.4 Å². The molecule has 0 fully saturated rings. The normalized spacial score (nSPS) is 13.2. The smallest absolute Gasteiger partial charge is 0.338 e. The molecule has 0 saturated carbocycles. The van der Waals surface area contributed by atoms with Crippen LogP contribution in [0.4, 0.5) is 5.69 Å². The van der Waals surface area contributed by atoms with E-state index >= 15 is 0 Å². The average Bonchev–Trinajstić information content (AvgIpc) is 2.64. The first-order valence-electron chi connectivity index (χ1n) is 4.91. The van der Waals surface area contributed by atoms with E-state index < -0.39 is 5.97 Å². The van der Waals surface area contributed by atoms with E-state index in [2.05, 4.69) is 5.32 Å². The van der Waals surface area contributed by atoms with Gasteiger partial charge in [0.2, 0.25) is 5.91 Å². The molecule has 5 nitrogen and oxygen atoms in total. The lowest BCUT2D eigenvalue weighted by Crippen LogP contribution is -2.08. The second-order valence-corrected chi connectivity index (χ2v) is 3.46. The minimum absolute atomic E-state index is 0.0207.